The Morgan fingerprint density at radius 1 is 1.06 bits per heavy atom. The fourth-order valence-electron chi connectivity index (χ4n) is 2.85. The SMILES string of the molecule is CS(=O)(=O)c1ccc(C(N)=O)cc1.Cc1[nH]cc(C(=O)O)c(=O)c1-c1cccc(C(F)(F)F)c1. The van der Waals surface area contributed by atoms with Gasteiger partial charge < -0.3 is 15.8 Å². The van der Waals surface area contributed by atoms with E-state index in [1.54, 1.807) is 0 Å². The van der Waals surface area contributed by atoms with E-state index in [-0.39, 0.29) is 16.0 Å². The predicted molar refractivity (Wildman–Crippen MR) is 117 cm³/mol. The molecule has 4 N–H and O–H groups in total. The van der Waals surface area contributed by atoms with Gasteiger partial charge in [0.2, 0.25) is 11.3 Å². The summed E-state index contributed by atoms with van der Waals surface area (Å²) in [7, 11) is -3.20. The second-order valence-electron chi connectivity index (χ2n) is 7.08. The van der Waals surface area contributed by atoms with Crippen LogP contribution in [0.4, 0.5) is 13.2 Å². The number of hydrogen-bond donors (Lipinski definition) is 3. The molecule has 0 saturated carbocycles. The molecule has 0 aliphatic carbocycles. The summed E-state index contributed by atoms with van der Waals surface area (Å²) in [5.74, 6) is -2.01. The number of aromatic carboxylic acids is 1. The third-order valence-electron chi connectivity index (χ3n) is 4.56. The Hall–Kier alpha value is -3.93. The van der Waals surface area contributed by atoms with Crippen molar-refractivity contribution in [1.82, 2.24) is 4.98 Å². The molecule has 1 amide bonds. The number of H-pyrrole nitrogens is 1. The van der Waals surface area contributed by atoms with E-state index in [2.05, 4.69) is 4.98 Å². The number of amides is 1. The van der Waals surface area contributed by atoms with E-state index in [9.17, 15) is 36.0 Å². The van der Waals surface area contributed by atoms with Crippen LogP contribution in [0.1, 0.15) is 32.0 Å². The van der Waals surface area contributed by atoms with Crippen molar-refractivity contribution >= 4 is 21.7 Å². The quantitative estimate of drug-likeness (QED) is 0.505. The van der Waals surface area contributed by atoms with Gasteiger partial charge in [-0.25, -0.2) is 13.2 Å². The number of alkyl halides is 3. The lowest BCUT2D eigenvalue weighted by Crippen LogP contribution is -2.18. The molecule has 3 aromatic rings. The maximum atomic E-state index is 12.7. The number of carbonyl (C=O) groups is 2. The Balaban J connectivity index is 0.000000270. The van der Waals surface area contributed by atoms with Crippen LogP contribution >= 0.6 is 0 Å². The van der Waals surface area contributed by atoms with Gasteiger partial charge in [0, 0.05) is 29.3 Å². The molecule has 8 nitrogen and oxygen atoms in total. The Bertz CT molecular complexity index is 1400. The van der Waals surface area contributed by atoms with Crippen molar-refractivity contribution < 1.29 is 36.3 Å². The van der Waals surface area contributed by atoms with Crippen molar-refractivity contribution in [2.45, 2.75) is 18.0 Å². The lowest BCUT2D eigenvalue weighted by molar-refractivity contribution is -0.137. The lowest BCUT2D eigenvalue weighted by Gasteiger charge is -2.10. The van der Waals surface area contributed by atoms with Crippen LogP contribution < -0.4 is 11.2 Å². The highest BCUT2D eigenvalue weighted by Gasteiger charge is 2.31. The number of nitrogens with one attached hydrogen (secondary N) is 1. The number of rotatable bonds is 4. The Labute approximate surface area is 191 Å². The van der Waals surface area contributed by atoms with Crippen LogP contribution in [0.15, 0.2) is 64.4 Å². The van der Waals surface area contributed by atoms with Crippen LogP contribution in [0.25, 0.3) is 11.1 Å². The first kappa shape index (κ1) is 26.3. The molecule has 12 heteroatoms. The van der Waals surface area contributed by atoms with E-state index >= 15 is 0 Å². The van der Waals surface area contributed by atoms with Gasteiger partial charge in [0.05, 0.1) is 10.5 Å². The minimum atomic E-state index is -4.54. The lowest BCUT2D eigenvalue weighted by atomic mass is 9.99. The van der Waals surface area contributed by atoms with Crippen LogP contribution in [-0.4, -0.2) is 36.6 Å². The number of aryl methyl sites for hydroxylation is 1. The fourth-order valence-corrected chi connectivity index (χ4v) is 3.48. The van der Waals surface area contributed by atoms with Crippen LogP contribution in [-0.2, 0) is 16.0 Å². The number of aromatic amines is 1. The maximum absolute atomic E-state index is 12.7. The van der Waals surface area contributed by atoms with Crippen molar-refractivity contribution in [1.29, 1.82) is 0 Å². The number of pyridine rings is 1. The topological polar surface area (TPSA) is 147 Å². The number of benzene rings is 2. The van der Waals surface area contributed by atoms with Crippen molar-refractivity contribution in [2.24, 2.45) is 5.73 Å². The van der Waals surface area contributed by atoms with Crippen LogP contribution in [0.2, 0.25) is 0 Å². The Kier molecular flexibility index (Phi) is 7.67. The number of carbonyl (C=O) groups excluding carboxylic acids is 1. The summed E-state index contributed by atoms with van der Waals surface area (Å²) in [6, 6.07) is 9.70. The molecule has 1 aromatic heterocycles. The molecule has 0 saturated heterocycles. The third kappa shape index (κ3) is 6.32. The first-order valence-electron chi connectivity index (χ1n) is 9.36. The van der Waals surface area contributed by atoms with E-state index in [1.165, 1.54) is 43.3 Å². The molecule has 0 bridgehead atoms. The van der Waals surface area contributed by atoms with Gasteiger partial charge in [-0.3, -0.25) is 9.59 Å². The smallest absolute Gasteiger partial charge is 0.416 e. The van der Waals surface area contributed by atoms with Gasteiger partial charge in [-0.2, -0.15) is 13.2 Å². The number of hydrogen-bond acceptors (Lipinski definition) is 5. The van der Waals surface area contributed by atoms with Gasteiger partial charge in [-0.05, 0) is 48.9 Å². The number of carboxylic acids is 1. The van der Waals surface area contributed by atoms with E-state index < -0.39 is 44.4 Å². The first-order valence-corrected chi connectivity index (χ1v) is 11.2. The molecule has 2 aromatic carbocycles. The van der Waals surface area contributed by atoms with E-state index in [0.717, 1.165) is 24.6 Å². The molecule has 0 atom stereocenters. The number of halogens is 3. The molecule has 0 radical (unpaired) electrons. The van der Waals surface area contributed by atoms with E-state index in [0.29, 0.717) is 11.3 Å². The highest BCUT2D eigenvalue weighted by atomic mass is 32.2. The van der Waals surface area contributed by atoms with Gasteiger partial charge in [0.25, 0.3) is 0 Å². The average molecular weight is 496 g/mol. The zero-order chi connectivity index (χ0) is 25.8. The highest BCUT2D eigenvalue weighted by Crippen LogP contribution is 2.32. The summed E-state index contributed by atoms with van der Waals surface area (Å²) < 4.78 is 60.1. The highest BCUT2D eigenvalue weighted by molar-refractivity contribution is 7.90. The molecule has 1 heterocycles. The van der Waals surface area contributed by atoms with Crippen molar-refractivity contribution in [3.8, 4) is 11.1 Å². The van der Waals surface area contributed by atoms with E-state index in [4.69, 9.17) is 10.8 Å². The number of sulfone groups is 1. The molecule has 0 unspecified atom stereocenters. The molecule has 180 valence electrons. The molecule has 3 rings (SSSR count). The second-order valence-corrected chi connectivity index (χ2v) is 9.09. The van der Waals surface area contributed by atoms with Gasteiger partial charge in [-0.1, -0.05) is 12.1 Å². The number of primary amides is 1. The molecule has 0 aliphatic heterocycles. The number of aromatic nitrogens is 1. The molecule has 0 spiro atoms. The predicted octanol–water partition coefficient (Wildman–Crippen LogP) is 3.26. The Morgan fingerprint density at radius 3 is 2.12 bits per heavy atom. The average Bonchev–Trinajstić information content (AvgIpc) is 2.73. The summed E-state index contributed by atoms with van der Waals surface area (Å²) in [5.41, 5.74) is 3.27. The van der Waals surface area contributed by atoms with Crippen molar-refractivity contribution in [2.75, 3.05) is 6.26 Å². The summed E-state index contributed by atoms with van der Waals surface area (Å²) in [6.45, 7) is 1.49. The standard InChI is InChI=1S/C14H10F3NO3.C8H9NO3S/c1-7-11(12(19)10(6-18-7)13(20)21)8-3-2-4-9(5-8)14(15,16)17;1-13(11,12)7-4-2-6(3-5-7)8(9)10/h2-6H,1H3,(H,18,19)(H,20,21);2-5H,1H3,(H2,9,10). The zero-order valence-corrected chi connectivity index (χ0v) is 18.6. The normalized spacial score (nSPS) is 11.3. The van der Waals surface area contributed by atoms with Gasteiger partial charge >= 0.3 is 12.1 Å². The van der Waals surface area contributed by atoms with Gasteiger partial charge in [-0.15, -0.1) is 0 Å². The van der Waals surface area contributed by atoms with Crippen molar-refractivity contribution in [3.63, 3.8) is 0 Å². The number of carboxylic acid groups (broad SMARTS) is 1. The van der Waals surface area contributed by atoms with Gasteiger partial charge in [0.1, 0.15) is 5.56 Å². The molecule has 0 aliphatic rings. The Morgan fingerprint density at radius 2 is 1.65 bits per heavy atom. The van der Waals surface area contributed by atoms with E-state index in [1.807, 2.05) is 0 Å². The monoisotopic (exact) mass is 496 g/mol. The molecule has 0 fully saturated rings. The van der Waals surface area contributed by atoms with Gasteiger partial charge in [0.15, 0.2) is 9.84 Å². The maximum Gasteiger partial charge on any atom is 0.416 e. The van der Waals surface area contributed by atoms with Crippen molar-refractivity contribution in [3.05, 3.63) is 87.3 Å². The molecular weight excluding hydrogens is 477 g/mol. The summed E-state index contributed by atoms with van der Waals surface area (Å²) in [4.78, 5) is 36.5. The fraction of sp³-hybridized carbons (Fsp3) is 0.136. The van der Waals surface area contributed by atoms with Crippen LogP contribution in [0, 0.1) is 6.92 Å². The first-order chi connectivity index (χ1) is 15.6. The summed E-state index contributed by atoms with van der Waals surface area (Å²) in [6.07, 6.45) is -2.41. The zero-order valence-electron chi connectivity index (χ0n) is 17.8. The minimum absolute atomic E-state index is 0.0201. The molecular formula is C22H19F3N2O6S. The summed E-state index contributed by atoms with van der Waals surface area (Å²) >= 11 is 0. The second kappa shape index (κ2) is 9.91. The van der Waals surface area contributed by atoms with Crippen LogP contribution in [0.3, 0.4) is 0 Å². The number of nitrogens with two attached hydrogens (primary N) is 1. The molecule has 34 heavy (non-hydrogen) atoms. The largest absolute Gasteiger partial charge is 0.477 e. The van der Waals surface area contributed by atoms with Crippen LogP contribution in [0.5, 0.6) is 0 Å². The summed E-state index contributed by atoms with van der Waals surface area (Å²) in [5, 5.41) is 8.91. The minimum Gasteiger partial charge on any atom is -0.477 e. The third-order valence-corrected chi connectivity index (χ3v) is 5.68.